The van der Waals surface area contributed by atoms with E-state index in [0.29, 0.717) is 37.9 Å². The number of nitro benzene ring substituents is 1. The van der Waals surface area contributed by atoms with E-state index in [-0.39, 0.29) is 43.1 Å². The lowest BCUT2D eigenvalue weighted by Gasteiger charge is -2.10. The molecular weight excluding hydrogens is 530 g/mol. The van der Waals surface area contributed by atoms with Gasteiger partial charge in [0.05, 0.1) is 44.4 Å². The predicted molar refractivity (Wildman–Crippen MR) is 150 cm³/mol. The van der Waals surface area contributed by atoms with Crippen molar-refractivity contribution < 1.29 is 33.5 Å². The summed E-state index contributed by atoms with van der Waals surface area (Å²) >= 11 is 0. The number of non-ortho nitro benzene ring substituents is 1. The van der Waals surface area contributed by atoms with E-state index in [1.165, 1.54) is 6.07 Å². The first-order chi connectivity index (χ1) is 20.0. The van der Waals surface area contributed by atoms with E-state index >= 15 is 0 Å². The molecule has 3 heterocycles. The summed E-state index contributed by atoms with van der Waals surface area (Å²) in [5.41, 5.74) is 1.59. The minimum atomic E-state index is -0.649. The topological polar surface area (TPSA) is 138 Å². The van der Waals surface area contributed by atoms with Gasteiger partial charge in [-0.3, -0.25) is 19.7 Å². The summed E-state index contributed by atoms with van der Waals surface area (Å²) in [4.78, 5) is 36.2. The van der Waals surface area contributed by atoms with Crippen LogP contribution in [0.1, 0.15) is 31.8 Å². The van der Waals surface area contributed by atoms with Gasteiger partial charge in [-0.1, -0.05) is 36.4 Å². The van der Waals surface area contributed by atoms with E-state index in [0.717, 1.165) is 23.3 Å². The van der Waals surface area contributed by atoms with E-state index in [9.17, 15) is 19.7 Å². The molecule has 11 heteroatoms. The summed E-state index contributed by atoms with van der Waals surface area (Å²) in [6.07, 6.45) is 3.82. The van der Waals surface area contributed by atoms with Crippen LogP contribution in [0.3, 0.4) is 0 Å². The molecule has 0 spiro atoms. The van der Waals surface area contributed by atoms with Crippen molar-refractivity contribution in [2.24, 2.45) is 0 Å². The molecule has 11 nitrogen and oxygen atoms in total. The molecular formula is C30H31N3O8. The highest BCUT2D eigenvalue weighted by atomic mass is 16.6. The van der Waals surface area contributed by atoms with Crippen LogP contribution in [-0.4, -0.2) is 56.3 Å². The van der Waals surface area contributed by atoms with Gasteiger partial charge in [0.25, 0.3) is 17.5 Å². The first-order valence-electron chi connectivity index (χ1n) is 13.1. The summed E-state index contributed by atoms with van der Waals surface area (Å²) < 4.78 is 22.7. The molecule has 0 saturated heterocycles. The quantitative estimate of drug-likeness (QED) is 0.260. The van der Waals surface area contributed by atoms with Gasteiger partial charge in [-0.2, -0.15) is 0 Å². The molecule has 2 N–H and O–H groups in total. The fourth-order valence-electron chi connectivity index (χ4n) is 3.84. The first kappa shape index (κ1) is 29.2. The van der Waals surface area contributed by atoms with Crippen molar-refractivity contribution >= 4 is 17.5 Å². The maximum atomic E-state index is 12.7. The lowest BCUT2D eigenvalue weighted by Crippen LogP contribution is -2.30. The number of hydrogen-bond donors (Lipinski definition) is 2. The highest BCUT2D eigenvalue weighted by Gasteiger charge is 2.18. The highest BCUT2D eigenvalue weighted by molar-refractivity contribution is 6.00. The Morgan fingerprint density at radius 2 is 1.10 bits per heavy atom. The maximum Gasteiger partial charge on any atom is 0.271 e. The van der Waals surface area contributed by atoms with Gasteiger partial charge in [0, 0.05) is 23.3 Å². The zero-order chi connectivity index (χ0) is 28.9. The average molecular weight is 562 g/mol. The predicted octanol–water partition coefficient (Wildman–Crippen LogP) is 3.82. The normalized spacial score (nSPS) is 16.6. The molecule has 6 bridgehead atoms. The number of amides is 2. The molecule has 6 rings (SSSR count). The van der Waals surface area contributed by atoms with Crippen LogP contribution < -0.4 is 20.1 Å². The molecule has 0 unspecified atom stereocenters. The van der Waals surface area contributed by atoms with Gasteiger partial charge in [-0.05, 0) is 41.5 Å². The zero-order valence-corrected chi connectivity index (χ0v) is 22.4. The summed E-state index contributed by atoms with van der Waals surface area (Å²) in [5, 5.41) is 16.8. The fraction of sp³-hybridized carbons (Fsp3) is 0.267. The smallest absolute Gasteiger partial charge is 0.271 e. The number of carbonyl (C=O) groups excluding carboxylic acids is 2. The first-order valence-corrected chi connectivity index (χ1v) is 13.1. The largest absolute Gasteiger partial charge is 0.492 e. The number of nitro groups is 1. The standard InChI is InChI=1S/C30H31N3O8/c34-29-24-17-25(19-26(18-24)33(36)37)30(35)32-12-16-41-28-9-5-23(6-10-28)21-39-14-2-1-13-38-20-22-3-7-27(8-4-22)40-15-11-31-29/h1-10,17-19H,11-16,20-21H2,(H,31,34)(H,32,35)/b2-1-. The summed E-state index contributed by atoms with van der Waals surface area (Å²) in [6.45, 7) is 2.47. The molecule has 41 heavy (non-hydrogen) atoms. The molecule has 0 aromatic heterocycles. The molecule has 0 fully saturated rings. The van der Waals surface area contributed by atoms with Crippen LogP contribution in [0.5, 0.6) is 11.5 Å². The van der Waals surface area contributed by atoms with E-state index < -0.39 is 16.7 Å². The fourth-order valence-corrected chi connectivity index (χ4v) is 3.84. The highest BCUT2D eigenvalue weighted by Crippen LogP contribution is 2.18. The number of fused-ring (bicyclic) bond motifs is 2. The number of nitrogens with zero attached hydrogens (tertiary/aromatic N) is 1. The minimum absolute atomic E-state index is 0.00664. The second-order valence-corrected chi connectivity index (χ2v) is 9.02. The molecule has 2 amide bonds. The Balaban J connectivity index is 1.43. The van der Waals surface area contributed by atoms with Crippen molar-refractivity contribution in [1.29, 1.82) is 0 Å². The van der Waals surface area contributed by atoms with Crippen molar-refractivity contribution in [3.8, 4) is 11.5 Å². The molecule has 0 aliphatic carbocycles. The van der Waals surface area contributed by atoms with Crippen molar-refractivity contribution in [1.82, 2.24) is 10.6 Å². The monoisotopic (exact) mass is 561 g/mol. The number of benzene rings is 3. The van der Waals surface area contributed by atoms with Gasteiger partial charge < -0.3 is 29.6 Å². The Kier molecular flexibility index (Phi) is 10.8. The van der Waals surface area contributed by atoms with Gasteiger partial charge in [0.15, 0.2) is 0 Å². The Labute approximate surface area is 237 Å². The van der Waals surface area contributed by atoms with Crippen LogP contribution in [-0.2, 0) is 22.7 Å². The Hall–Kier alpha value is -4.74. The SMILES string of the molecule is O=C1NCCOc2ccc(cc2)COC/C=C\COCc2ccc(cc2)OCCNC(=O)c2cc1cc([N+](=O)[O-])c2. The third-order valence-electron chi connectivity index (χ3n) is 5.94. The molecule has 3 aromatic rings. The van der Waals surface area contributed by atoms with E-state index in [1.54, 1.807) is 0 Å². The average Bonchev–Trinajstić information content (AvgIpc) is 2.99. The third-order valence-corrected chi connectivity index (χ3v) is 5.94. The van der Waals surface area contributed by atoms with Gasteiger partial charge in [-0.25, -0.2) is 0 Å². The number of nitrogens with one attached hydrogen (secondary N) is 2. The van der Waals surface area contributed by atoms with Gasteiger partial charge in [0.1, 0.15) is 24.7 Å². The second kappa shape index (κ2) is 15.2. The van der Waals surface area contributed by atoms with E-state index in [4.69, 9.17) is 18.9 Å². The second-order valence-electron chi connectivity index (χ2n) is 9.02. The summed E-state index contributed by atoms with van der Waals surface area (Å²) in [5.74, 6) is 0.122. The molecule has 3 aliphatic rings. The molecule has 0 radical (unpaired) electrons. The van der Waals surface area contributed by atoms with Crippen LogP contribution >= 0.6 is 0 Å². The maximum absolute atomic E-state index is 12.7. The molecule has 0 saturated carbocycles. The Bertz CT molecular complexity index is 1260. The zero-order valence-electron chi connectivity index (χ0n) is 22.4. The molecule has 0 atom stereocenters. The lowest BCUT2D eigenvalue weighted by molar-refractivity contribution is -0.384. The third kappa shape index (κ3) is 9.45. The van der Waals surface area contributed by atoms with Gasteiger partial charge in [0.2, 0.25) is 0 Å². The number of ether oxygens (including phenoxy) is 4. The molecule has 3 aliphatic heterocycles. The van der Waals surface area contributed by atoms with Gasteiger partial charge in [-0.15, -0.1) is 0 Å². The van der Waals surface area contributed by atoms with E-state index in [1.807, 2.05) is 60.7 Å². The lowest BCUT2D eigenvalue weighted by atomic mass is 10.1. The molecule has 214 valence electrons. The van der Waals surface area contributed by atoms with Crippen LogP contribution in [0, 0.1) is 10.1 Å². The van der Waals surface area contributed by atoms with Gasteiger partial charge >= 0.3 is 0 Å². The summed E-state index contributed by atoms with van der Waals surface area (Å²) in [6, 6.07) is 18.4. The van der Waals surface area contributed by atoms with Crippen molar-refractivity contribution in [3.63, 3.8) is 0 Å². The minimum Gasteiger partial charge on any atom is -0.492 e. The number of carbonyl (C=O) groups is 2. The van der Waals surface area contributed by atoms with Crippen molar-refractivity contribution in [2.75, 3.05) is 39.5 Å². The molecule has 3 aromatic carbocycles. The Morgan fingerprint density at radius 3 is 1.51 bits per heavy atom. The van der Waals surface area contributed by atoms with Crippen LogP contribution in [0.4, 0.5) is 5.69 Å². The number of hydrogen-bond acceptors (Lipinski definition) is 8. The van der Waals surface area contributed by atoms with Crippen LogP contribution in [0.2, 0.25) is 0 Å². The van der Waals surface area contributed by atoms with Crippen molar-refractivity contribution in [3.05, 3.63) is 111 Å². The Morgan fingerprint density at radius 1 is 0.659 bits per heavy atom. The van der Waals surface area contributed by atoms with E-state index in [2.05, 4.69) is 10.6 Å². The summed E-state index contributed by atoms with van der Waals surface area (Å²) in [7, 11) is 0. The van der Waals surface area contributed by atoms with Crippen LogP contribution in [0.15, 0.2) is 78.9 Å². The van der Waals surface area contributed by atoms with Crippen LogP contribution in [0.25, 0.3) is 0 Å². The number of rotatable bonds is 1. The van der Waals surface area contributed by atoms with Crippen molar-refractivity contribution in [2.45, 2.75) is 13.2 Å².